The molecule has 26 heavy (non-hydrogen) atoms. The molecule has 2 fully saturated rings. The summed E-state index contributed by atoms with van der Waals surface area (Å²) < 4.78 is 5.12. The van der Waals surface area contributed by atoms with Gasteiger partial charge in [0, 0.05) is 19.1 Å². The number of imide groups is 1. The van der Waals surface area contributed by atoms with Gasteiger partial charge in [-0.15, -0.1) is 0 Å². The van der Waals surface area contributed by atoms with E-state index in [0.717, 1.165) is 17.7 Å². The number of methoxy groups -OCH3 is 1. The first kappa shape index (κ1) is 18.2. The van der Waals surface area contributed by atoms with Crippen molar-refractivity contribution in [2.75, 3.05) is 26.7 Å². The highest BCUT2D eigenvalue weighted by Crippen LogP contribution is 2.30. The van der Waals surface area contributed by atoms with Gasteiger partial charge in [-0.2, -0.15) is 0 Å². The van der Waals surface area contributed by atoms with Crippen molar-refractivity contribution in [3.05, 3.63) is 29.8 Å². The van der Waals surface area contributed by atoms with Gasteiger partial charge >= 0.3 is 6.03 Å². The van der Waals surface area contributed by atoms with E-state index < -0.39 is 17.5 Å². The number of carbonyl (C=O) groups excluding carboxylic acids is 3. The van der Waals surface area contributed by atoms with E-state index in [9.17, 15) is 14.4 Å². The Kier molecular flexibility index (Phi) is 4.86. The number of urea groups is 1. The predicted molar refractivity (Wildman–Crippen MR) is 94.4 cm³/mol. The fourth-order valence-corrected chi connectivity index (χ4v) is 3.34. The van der Waals surface area contributed by atoms with Crippen molar-refractivity contribution in [3.8, 4) is 5.75 Å². The van der Waals surface area contributed by atoms with Gasteiger partial charge in [0.1, 0.15) is 17.8 Å². The third-order valence-corrected chi connectivity index (χ3v) is 5.13. The zero-order chi connectivity index (χ0) is 18.9. The Labute approximate surface area is 152 Å². The second kappa shape index (κ2) is 6.95. The molecule has 1 aromatic carbocycles. The second-order valence-electron chi connectivity index (χ2n) is 6.89. The first-order valence-electron chi connectivity index (χ1n) is 8.67. The Balaban J connectivity index is 1.72. The molecule has 4 amide bonds. The van der Waals surface area contributed by atoms with Gasteiger partial charge in [0.25, 0.3) is 5.91 Å². The molecule has 8 nitrogen and oxygen atoms in total. The van der Waals surface area contributed by atoms with Crippen LogP contribution in [0.3, 0.4) is 0 Å². The lowest BCUT2D eigenvalue weighted by Crippen LogP contribution is -2.48. The molecule has 1 unspecified atom stereocenters. The van der Waals surface area contributed by atoms with Crippen molar-refractivity contribution in [2.45, 2.75) is 31.3 Å². The number of benzene rings is 1. The van der Waals surface area contributed by atoms with Gasteiger partial charge in [-0.3, -0.25) is 14.5 Å². The molecule has 140 valence electrons. The molecule has 0 aromatic heterocycles. The van der Waals surface area contributed by atoms with Gasteiger partial charge in [0.2, 0.25) is 5.91 Å². The third kappa shape index (κ3) is 3.24. The summed E-state index contributed by atoms with van der Waals surface area (Å²) in [4.78, 5) is 40.4. The van der Waals surface area contributed by atoms with Gasteiger partial charge in [0.05, 0.1) is 7.11 Å². The van der Waals surface area contributed by atoms with Crippen molar-refractivity contribution in [3.63, 3.8) is 0 Å². The smallest absolute Gasteiger partial charge is 0.325 e. The lowest BCUT2D eigenvalue weighted by atomic mass is 9.92. The molecule has 2 heterocycles. The van der Waals surface area contributed by atoms with Crippen LogP contribution in [-0.2, 0) is 15.1 Å². The number of amides is 4. The molecule has 0 bridgehead atoms. The molecule has 2 saturated heterocycles. The first-order valence-corrected chi connectivity index (χ1v) is 8.67. The number of nitrogens with one attached hydrogen (secondary N) is 1. The van der Waals surface area contributed by atoms with E-state index in [-0.39, 0.29) is 18.5 Å². The lowest BCUT2D eigenvalue weighted by molar-refractivity contribution is -0.139. The molecule has 0 aliphatic carbocycles. The zero-order valence-corrected chi connectivity index (χ0v) is 15.0. The summed E-state index contributed by atoms with van der Waals surface area (Å²) in [6.07, 6.45) is 1.46. The van der Waals surface area contributed by atoms with Crippen molar-refractivity contribution in [2.24, 2.45) is 5.73 Å². The van der Waals surface area contributed by atoms with E-state index >= 15 is 0 Å². The number of ether oxygens (including phenoxy) is 1. The minimum Gasteiger partial charge on any atom is -0.497 e. The van der Waals surface area contributed by atoms with Crippen molar-refractivity contribution >= 4 is 17.8 Å². The quantitative estimate of drug-likeness (QED) is 0.757. The normalized spacial score (nSPS) is 24.0. The molecular formula is C18H24N4O4. The molecule has 0 saturated carbocycles. The van der Waals surface area contributed by atoms with E-state index in [4.69, 9.17) is 10.5 Å². The second-order valence-corrected chi connectivity index (χ2v) is 6.89. The van der Waals surface area contributed by atoms with E-state index in [1.165, 1.54) is 0 Å². The molecular weight excluding hydrogens is 336 g/mol. The van der Waals surface area contributed by atoms with Gasteiger partial charge in [-0.05, 0) is 37.5 Å². The highest BCUT2D eigenvalue weighted by atomic mass is 16.5. The lowest BCUT2D eigenvalue weighted by Gasteiger charge is -2.31. The van der Waals surface area contributed by atoms with Crippen LogP contribution in [0.1, 0.15) is 25.3 Å². The summed E-state index contributed by atoms with van der Waals surface area (Å²) in [6.45, 7) is 2.49. The summed E-state index contributed by atoms with van der Waals surface area (Å²) in [5.41, 5.74) is 5.28. The van der Waals surface area contributed by atoms with Crippen LogP contribution in [0.2, 0.25) is 0 Å². The largest absolute Gasteiger partial charge is 0.497 e. The average Bonchev–Trinajstić information content (AvgIpc) is 2.86. The molecule has 0 radical (unpaired) electrons. The van der Waals surface area contributed by atoms with Gasteiger partial charge in [-0.25, -0.2) is 4.79 Å². The number of piperidine rings is 1. The fourth-order valence-electron chi connectivity index (χ4n) is 3.34. The highest BCUT2D eigenvalue weighted by molar-refractivity contribution is 6.09. The van der Waals surface area contributed by atoms with Crippen LogP contribution in [0.5, 0.6) is 5.75 Å². The van der Waals surface area contributed by atoms with Crippen LogP contribution in [0, 0.1) is 0 Å². The maximum Gasteiger partial charge on any atom is 0.325 e. The van der Waals surface area contributed by atoms with Crippen LogP contribution in [0.25, 0.3) is 0 Å². The Hall–Kier alpha value is -2.61. The molecule has 3 rings (SSSR count). The van der Waals surface area contributed by atoms with Gasteiger partial charge < -0.3 is 20.7 Å². The van der Waals surface area contributed by atoms with Gasteiger partial charge in [-0.1, -0.05) is 12.1 Å². The molecule has 2 aliphatic rings. The molecule has 1 atom stereocenters. The van der Waals surface area contributed by atoms with E-state index in [0.29, 0.717) is 24.4 Å². The first-order chi connectivity index (χ1) is 12.3. The Morgan fingerprint density at radius 2 is 1.88 bits per heavy atom. The topological polar surface area (TPSA) is 105 Å². The molecule has 1 aromatic rings. The number of carbonyl (C=O) groups is 3. The van der Waals surface area contributed by atoms with Crippen molar-refractivity contribution in [1.82, 2.24) is 15.1 Å². The highest BCUT2D eigenvalue weighted by Gasteiger charge is 2.49. The standard InChI is InChI=1S/C18H24N4O4/c1-18(12-3-5-14(26-2)6-4-12)16(24)22(17(25)20-18)11-15(23)21-9-7-13(19)8-10-21/h3-6,13H,7-11,19H2,1-2H3,(H,20,25). The van der Waals surface area contributed by atoms with Gasteiger partial charge in [0.15, 0.2) is 0 Å². The maximum atomic E-state index is 12.9. The molecule has 0 spiro atoms. The Morgan fingerprint density at radius 3 is 2.46 bits per heavy atom. The SMILES string of the molecule is COc1ccc(C2(C)NC(=O)N(CC(=O)N3CCC(N)CC3)C2=O)cc1. The zero-order valence-electron chi connectivity index (χ0n) is 15.0. The summed E-state index contributed by atoms with van der Waals surface area (Å²) in [7, 11) is 1.56. The Morgan fingerprint density at radius 1 is 1.27 bits per heavy atom. The number of rotatable bonds is 4. The minimum absolute atomic E-state index is 0.106. The number of likely N-dealkylation sites (tertiary alicyclic amines) is 1. The predicted octanol–water partition coefficient (Wildman–Crippen LogP) is 0.412. The molecule has 3 N–H and O–H groups in total. The van der Waals surface area contributed by atoms with E-state index in [1.54, 1.807) is 43.2 Å². The maximum absolute atomic E-state index is 12.9. The summed E-state index contributed by atoms with van der Waals surface area (Å²) in [6, 6.07) is 6.46. The number of nitrogens with two attached hydrogens (primary N) is 1. The third-order valence-electron chi connectivity index (χ3n) is 5.13. The summed E-state index contributed by atoms with van der Waals surface area (Å²) in [5, 5.41) is 2.71. The summed E-state index contributed by atoms with van der Waals surface area (Å²) in [5.74, 6) is -0.0152. The monoisotopic (exact) mass is 360 g/mol. The van der Waals surface area contributed by atoms with Crippen LogP contribution in [0.15, 0.2) is 24.3 Å². The van der Waals surface area contributed by atoms with Crippen LogP contribution >= 0.6 is 0 Å². The number of hydrogen-bond donors (Lipinski definition) is 2. The average molecular weight is 360 g/mol. The fraction of sp³-hybridized carbons (Fsp3) is 0.500. The van der Waals surface area contributed by atoms with Crippen LogP contribution < -0.4 is 15.8 Å². The minimum atomic E-state index is -1.20. The van der Waals surface area contributed by atoms with E-state index in [1.807, 2.05) is 0 Å². The number of hydrogen-bond acceptors (Lipinski definition) is 5. The van der Waals surface area contributed by atoms with Crippen LogP contribution in [0.4, 0.5) is 4.79 Å². The van der Waals surface area contributed by atoms with Crippen molar-refractivity contribution < 1.29 is 19.1 Å². The Bertz CT molecular complexity index is 712. The van der Waals surface area contributed by atoms with E-state index in [2.05, 4.69) is 5.32 Å². The number of nitrogens with zero attached hydrogens (tertiary/aromatic N) is 2. The summed E-state index contributed by atoms with van der Waals surface area (Å²) >= 11 is 0. The molecule has 2 aliphatic heterocycles. The molecule has 8 heteroatoms. The van der Waals surface area contributed by atoms with Crippen molar-refractivity contribution in [1.29, 1.82) is 0 Å². The van der Waals surface area contributed by atoms with Crippen LogP contribution in [-0.4, -0.2) is 60.4 Å².